The Labute approximate surface area is 142 Å². The van der Waals surface area contributed by atoms with Gasteiger partial charge in [0.05, 0.1) is 19.2 Å². The lowest BCUT2D eigenvalue weighted by Crippen LogP contribution is -2.38. The Kier molecular flexibility index (Phi) is 9.99. The maximum absolute atomic E-state index is 12.1. The smallest absolute Gasteiger partial charge is 0.236 e. The van der Waals surface area contributed by atoms with Gasteiger partial charge >= 0.3 is 0 Å². The van der Waals surface area contributed by atoms with E-state index in [1.54, 1.807) is 31.2 Å². The summed E-state index contributed by atoms with van der Waals surface area (Å²) in [5.74, 6) is -0.000352. The SMILES string of the molecule is COCCNCC(=O)N(C)C(C)c1ccc(Cl)cc1Cl.Cl. The van der Waals surface area contributed by atoms with Gasteiger partial charge in [0.1, 0.15) is 0 Å². The van der Waals surface area contributed by atoms with Crippen LogP contribution in [0.15, 0.2) is 18.2 Å². The predicted octanol–water partition coefficient (Wildman–Crippen LogP) is 3.17. The number of likely N-dealkylation sites (N-methyl/N-ethyl adjacent to an activating group) is 1. The van der Waals surface area contributed by atoms with Crippen LogP contribution in [0.2, 0.25) is 10.0 Å². The van der Waals surface area contributed by atoms with Crippen molar-refractivity contribution in [1.29, 1.82) is 0 Å². The van der Waals surface area contributed by atoms with Gasteiger partial charge in [0.15, 0.2) is 0 Å². The first-order valence-electron chi connectivity index (χ1n) is 6.37. The van der Waals surface area contributed by atoms with Gasteiger partial charge in [-0.05, 0) is 24.6 Å². The van der Waals surface area contributed by atoms with Crippen molar-refractivity contribution in [3.63, 3.8) is 0 Å². The van der Waals surface area contributed by atoms with Gasteiger partial charge in [-0.15, -0.1) is 12.4 Å². The molecule has 0 aliphatic heterocycles. The van der Waals surface area contributed by atoms with Gasteiger partial charge in [0, 0.05) is 30.7 Å². The molecule has 1 N–H and O–H groups in total. The van der Waals surface area contributed by atoms with E-state index in [-0.39, 0.29) is 30.9 Å². The topological polar surface area (TPSA) is 41.6 Å². The van der Waals surface area contributed by atoms with Crippen LogP contribution in [0.3, 0.4) is 0 Å². The fourth-order valence-electron chi connectivity index (χ4n) is 1.76. The largest absolute Gasteiger partial charge is 0.383 e. The van der Waals surface area contributed by atoms with Gasteiger partial charge in [-0.25, -0.2) is 0 Å². The van der Waals surface area contributed by atoms with E-state index < -0.39 is 0 Å². The number of ether oxygens (including phenoxy) is 1. The van der Waals surface area contributed by atoms with Crippen molar-refractivity contribution in [3.8, 4) is 0 Å². The molecule has 0 saturated carbocycles. The van der Waals surface area contributed by atoms with Crippen LogP contribution >= 0.6 is 35.6 Å². The standard InChI is InChI=1S/C14H20Cl2N2O2.ClH/c1-10(12-5-4-11(15)8-13(12)16)18(2)14(19)9-17-6-7-20-3;/h4-5,8,10,17H,6-7,9H2,1-3H3;1H. The van der Waals surface area contributed by atoms with Gasteiger partial charge in [-0.2, -0.15) is 0 Å². The Morgan fingerprint density at radius 1 is 1.43 bits per heavy atom. The van der Waals surface area contributed by atoms with Crippen LogP contribution in [0.1, 0.15) is 18.5 Å². The number of carbonyl (C=O) groups is 1. The molecule has 0 aromatic heterocycles. The number of hydrogen-bond donors (Lipinski definition) is 1. The molecule has 21 heavy (non-hydrogen) atoms. The lowest BCUT2D eigenvalue weighted by atomic mass is 10.1. The van der Waals surface area contributed by atoms with Crippen molar-refractivity contribution >= 4 is 41.5 Å². The van der Waals surface area contributed by atoms with E-state index in [1.807, 2.05) is 13.0 Å². The first kappa shape index (κ1) is 20.5. The molecular weight excluding hydrogens is 335 g/mol. The lowest BCUT2D eigenvalue weighted by Gasteiger charge is -2.26. The van der Waals surface area contributed by atoms with Gasteiger partial charge < -0.3 is 15.0 Å². The highest BCUT2D eigenvalue weighted by atomic mass is 35.5. The molecule has 0 heterocycles. The average Bonchev–Trinajstić information content (AvgIpc) is 2.42. The molecular formula is C14H21Cl3N2O2. The molecule has 1 rings (SSSR count). The molecule has 0 spiro atoms. The zero-order valence-corrected chi connectivity index (χ0v) is 14.7. The van der Waals surface area contributed by atoms with Crippen molar-refractivity contribution in [2.45, 2.75) is 13.0 Å². The first-order valence-corrected chi connectivity index (χ1v) is 7.13. The highest BCUT2D eigenvalue weighted by Crippen LogP contribution is 2.28. The molecule has 0 fully saturated rings. The van der Waals surface area contributed by atoms with Crippen LogP contribution in [0.5, 0.6) is 0 Å². The number of halogens is 3. The molecule has 0 bridgehead atoms. The van der Waals surface area contributed by atoms with Gasteiger partial charge in [-0.1, -0.05) is 29.3 Å². The Balaban J connectivity index is 0.00000400. The van der Waals surface area contributed by atoms with Crippen LogP contribution in [0.25, 0.3) is 0 Å². The Hall–Kier alpha value is -0.520. The zero-order valence-electron chi connectivity index (χ0n) is 12.4. The van der Waals surface area contributed by atoms with Crippen molar-refractivity contribution in [1.82, 2.24) is 10.2 Å². The number of methoxy groups -OCH3 is 1. The summed E-state index contributed by atoms with van der Waals surface area (Å²) in [6.45, 7) is 3.43. The molecule has 0 radical (unpaired) electrons. The minimum atomic E-state index is -0.114. The number of amides is 1. The molecule has 0 saturated heterocycles. The van der Waals surface area contributed by atoms with Gasteiger partial charge in [-0.3, -0.25) is 4.79 Å². The fourth-order valence-corrected chi connectivity index (χ4v) is 2.33. The van der Waals surface area contributed by atoms with E-state index in [0.29, 0.717) is 23.2 Å². The van der Waals surface area contributed by atoms with E-state index in [1.165, 1.54) is 0 Å². The molecule has 0 aliphatic rings. The summed E-state index contributed by atoms with van der Waals surface area (Å²) >= 11 is 12.0. The monoisotopic (exact) mass is 354 g/mol. The van der Waals surface area contributed by atoms with Crippen LogP contribution in [0.4, 0.5) is 0 Å². The third-order valence-corrected chi connectivity index (χ3v) is 3.71. The number of benzene rings is 1. The van der Waals surface area contributed by atoms with E-state index in [4.69, 9.17) is 27.9 Å². The fraction of sp³-hybridized carbons (Fsp3) is 0.500. The minimum Gasteiger partial charge on any atom is -0.383 e. The Morgan fingerprint density at radius 2 is 2.10 bits per heavy atom. The van der Waals surface area contributed by atoms with Crippen LogP contribution in [-0.4, -0.2) is 44.7 Å². The van der Waals surface area contributed by atoms with E-state index in [9.17, 15) is 4.79 Å². The summed E-state index contributed by atoms with van der Waals surface area (Å²) in [5.41, 5.74) is 0.879. The summed E-state index contributed by atoms with van der Waals surface area (Å²) in [4.78, 5) is 13.7. The molecule has 4 nitrogen and oxygen atoms in total. The summed E-state index contributed by atoms with van der Waals surface area (Å²) in [6.07, 6.45) is 0. The molecule has 0 aliphatic carbocycles. The highest BCUT2D eigenvalue weighted by Gasteiger charge is 2.19. The predicted molar refractivity (Wildman–Crippen MR) is 89.6 cm³/mol. The average molecular weight is 356 g/mol. The Bertz CT molecular complexity index is 458. The summed E-state index contributed by atoms with van der Waals surface area (Å²) < 4.78 is 4.91. The van der Waals surface area contributed by atoms with Crippen LogP contribution in [-0.2, 0) is 9.53 Å². The number of rotatable bonds is 7. The van der Waals surface area contributed by atoms with Crippen LogP contribution < -0.4 is 5.32 Å². The highest BCUT2D eigenvalue weighted by molar-refractivity contribution is 6.35. The van der Waals surface area contributed by atoms with E-state index in [2.05, 4.69) is 5.32 Å². The molecule has 1 unspecified atom stereocenters. The summed E-state index contributed by atoms with van der Waals surface area (Å²) in [5, 5.41) is 4.18. The second-order valence-electron chi connectivity index (χ2n) is 4.52. The number of carbonyl (C=O) groups excluding carboxylic acids is 1. The third-order valence-electron chi connectivity index (χ3n) is 3.15. The normalized spacial score (nSPS) is 11.7. The minimum absolute atomic E-state index is 0. The van der Waals surface area contributed by atoms with Crippen molar-refractivity contribution < 1.29 is 9.53 Å². The van der Waals surface area contributed by atoms with Crippen LogP contribution in [0, 0.1) is 0 Å². The van der Waals surface area contributed by atoms with E-state index in [0.717, 1.165) is 5.56 Å². The molecule has 1 atom stereocenters. The number of nitrogens with zero attached hydrogens (tertiary/aromatic N) is 1. The van der Waals surface area contributed by atoms with Gasteiger partial charge in [0.25, 0.3) is 0 Å². The maximum atomic E-state index is 12.1. The molecule has 1 amide bonds. The van der Waals surface area contributed by atoms with Crippen molar-refractivity contribution in [3.05, 3.63) is 33.8 Å². The first-order chi connectivity index (χ1) is 9.47. The van der Waals surface area contributed by atoms with Crippen molar-refractivity contribution in [2.75, 3.05) is 33.9 Å². The second-order valence-corrected chi connectivity index (χ2v) is 5.36. The molecule has 120 valence electrons. The second kappa shape index (κ2) is 10.2. The third kappa shape index (κ3) is 6.41. The number of hydrogen-bond acceptors (Lipinski definition) is 3. The lowest BCUT2D eigenvalue weighted by molar-refractivity contribution is -0.130. The summed E-state index contributed by atoms with van der Waals surface area (Å²) in [6, 6.07) is 5.19. The molecule has 1 aromatic carbocycles. The maximum Gasteiger partial charge on any atom is 0.236 e. The Morgan fingerprint density at radius 3 is 2.67 bits per heavy atom. The molecule has 7 heteroatoms. The quantitative estimate of drug-likeness (QED) is 0.764. The number of nitrogens with one attached hydrogen (secondary N) is 1. The molecule has 1 aromatic rings. The van der Waals surface area contributed by atoms with Gasteiger partial charge in [0.2, 0.25) is 5.91 Å². The summed E-state index contributed by atoms with van der Waals surface area (Å²) in [7, 11) is 3.39. The van der Waals surface area contributed by atoms with Crippen molar-refractivity contribution in [2.24, 2.45) is 0 Å². The zero-order chi connectivity index (χ0) is 15.1. The van der Waals surface area contributed by atoms with E-state index >= 15 is 0 Å².